The van der Waals surface area contributed by atoms with Gasteiger partial charge in [0.15, 0.2) is 5.17 Å². The zero-order valence-corrected chi connectivity index (χ0v) is 17.3. The van der Waals surface area contributed by atoms with Gasteiger partial charge in [-0.15, -0.1) is 0 Å². The van der Waals surface area contributed by atoms with Crippen LogP contribution in [0.3, 0.4) is 0 Å². The number of hydrogen-bond donors (Lipinski definition) is 0. The highest BCUT2D eigenvalue weighted by Gasteiger charge is 2.38. The van der Waals surface area contributed by atoms with Crippen LogP contribution in [0.1, 0.15) is 43.2 Å². The molecule has 1 aliphatic carbocycles. The van der Waals surface area contributed by atoms with E-state index in [1.165, 1.54) is 23.7 Å². The van der Waals surface area contributed by atoms with Crippen molar-refractivity contribution in [1.82, 2.24) is 9.88 Å². The van der Waals surface area contributed by atoms with Crippen molar-refractivity contribution in [3.8, 4) is 0 Å². The van der Waals surface area contributed by atoms with Gasteiger partial charge in [-0.05, 0) is 49.2 Å². The van der Waals surface area contributed by atoms with Crippen LogP contribution in [0.25, 0.3) is 6.08 Å². The van der Waals surface area contributed by atoms with Gasteiger partial charge >= 0.3 is 0 Å². The van der Waals surface area contributed by atoms with Crippen molar-refractivity contribution >= 4 is 46.2 Å². The molecule has 28 heavy (non-hydrogen) atoms. The van der Waals surface area contributed by atoms with E-state index in [-0.39, 0.29) is 11.9 Å². The number of hydrogen-bond acceptors (Lipinski definition) is 4. The van der Waals surface area contributed by atoms with Gasteiger partial charge in [-0.1, -0.05) is 60.7 Å². The first-order chi connectivity index (χ1) is 13.6. The molecule has 1 saturated heterocycles. The predicted octanol–water partition coefficient (Wildman–Crippen LogP) is 5.98. The third-order valence-corrected chi connectivity index (χ3v) is 6.39. The maximum absolute atomic E-state index is 13.3. The molecule has 0 unspecified atom stereocenters. The summed E-state index contributed by atoms with van der Waals surface area (Å²) in [5, 5.41) is 1.20. The highest BCUT2D eigenvalue weighted by molar-refractivity contribution is 8.18. The summed E-state index contributed by atoms with van der Waals surface area (Å²) in [4.78, 5) is 24.6. The number of benzene rings is 1. The quantitative estimate of drug-likeness (QED) is 0.583. The molecule has 2 aliphatic rings. The molecule has 144 valence electrons. The molecule has 2 heterocycles. The van der Waals surface area contributed by atoms with Crippen molar-refractivity contribution in [2.45, 2.75) is 45.1 Å². The second kappa shape index (κ2) is 8.50. The second-order valence-electron chi connectivity index (χ2n) is 7.21. The van der Waals surface area contributed by atoms with Crippen LogP contribution in [-0.4, -0.2) is 27.0 Å². The minimum absolute atomic E-state index is 0.0430. The van der Waals surface area contributed by atoms with Crippen LogP contribution in [0.4, 0.5) is 5.69 Å². The smallest absolute Gasteiger partial charge is 0.267 e. The van der Waals surface area contributed by atoms with Gasteiger partial charge in [0.1, 0.15) is 0 Å². The van der Waals surface area contributed by atoms with E-state index < -0.39 is 0 Å². The summed E-state index contributed by atoms with van der Waals surface area (Å²) in [6.07, 6.45) is 10.8. The van der Waals surface area contributed by atoms with E-state index in [9.17, 15) is 4.79 Å². The Morgan fingerprint density at radius 1 is 1.18 bits per heavy atom. The molecule has 1 aliphatic heterocycles. The maximum Gasteiger partial charge on any atom is 0.267 e. The molecular formula is C22H22ClN3OS. The second-order valence-corrected chi connectivity index (χ2v) is 8.63. The standard InChI is InChI=1S/C22H22ClN3OS/c1-15-7-9-16(10-8-15)13-20-21(27)26(17-5-3-2-4-6-17)22(28-20)25-19-11-12-24-14-18(19)23/h7-14,17H,2-6H2,1H3/b20-13-,25-22?. The first-order valence-electron chi connectivity index (χ1n) is 9.60. The van der Waals surface area contributed by atoms with Crippen molar-refractivity contribution in [2.75, 3.05) is 0 Å². The normalized spacial score (nSPS) is 21.1. The molecule has 0 radical (unpaired) electrons. The largest absolute Gasteiger partial charge is 0.283 e. The van der Waals surface area contributed by atoms with E-state index in [2.05, 4.69) is 24.0 Å². The summed E-state index contributed by atoms with van der Waals surface area (Å²) in [6.45, 7) is 2.06. The van der Waals surface area contributed by atoms with E-state index in [4.69, 9.17) is 16.6 Å². The van der Waals surface area contributed by atoms with Gasteiger partial charge in [0, 0.05) is 18.4 Å². The van der Waals surface area contributed by atoms with E-state index >= 15 is 0 Å². The molecule has 0 N–H and O–H groups in total. The molecule has 1 aromatic carbocycles. The Bertz CT molecular complexity index is 933. The first kappa shape index (κ1) is 19.2. The Morgan fingerprint density at radius 3 is 2.64 bits per heavy atom. The number of aromatic nitrogens is 1. The van der Waals surface area contributed by atoms with Crippen LogP contribution >= 0.6 is 23.4 Å². The van der Waals surface area contributed by atoms with Gasteiger partial charge in [0.25, 0.3) is 5.91 Å². The summed E-state index contributed by atoms with van der Waals surface area (Å²) < 4.78 is 0. The monoisotopic (exact) mass is 411 g/mol. The predicted molar refractivity (Wildman–Crippen MR) is 117 cm³/mol. The maximum atomic E-state index is 13.3. The Kier molecular flexibility index (Phi) is 5.83. The van der Waals surface area contributed by atoms with Crippen LogP contribution in [-0.2, 0) is 4.79 Å². The Hall–Kier alpha value is -2.11. The van der Waals surface area contributed by atoms with Gasteiger partial charge in [-0.2, -0.15) is 0 Å². The van der Waals surface area contributed by atoms with E-state index in [0.717, 1.165) is 31.2 Å². The number of amidine groups is 1. The lowest BCUT2D eigenvalue weighted by atomic mass is 9.94. The van der Waals surface area contributed by atoms with E-state index in [1.54, 1.807) is 18.5 Å². The fourth-order valence-electron chi connectivity index (χ4n) is 3.60. The summed E-state index contributed by atoms with van der Waals surface area (Å²) in [5.74, 6) is 0.0430. The Labute approximate surface area is 174 Å². The van der Waals surface area contributed by atoms with Crippen molar-refractivity contribution < 1.29 is 4.79 Å². The topological polar surface area (TPSA) is 45.6 Å². The number of rotatable bonds is 3. The number of thioether (sulfide) groups is 1. The number of carbonyl (C=O) groups is 1. The van der Waals surface area contributed by atoms with Gasteiger partial charge in [-0.3, -0.25) is 14.7 Å². The minimum atomic E-state index is 0.0430. The molecule has 6 heteroatoms. The molecular weight excluding hydrogens is 390 g/mol. The molecule has 4 rings (SSSR count). The highest BCUT2D eigenvalue weighted by Crippen LogP contribution is 2.39. The molecule has 1 aromatic heterocycles. The summed E-state index contributed by atoms with van der Waals surface area (Å²) in [5.41, 5.74) is 2.86. The van der Waals surface area contributed by atoms with E-state index in [0.29, 0.717) is 20.8 Å². The average molecular weight is 412 g/mol. The average Bonchev–Trinajstić information content (AvgIpc) is 3.01. The number of halogens is 1. The van der Waals surface area contributed by atoms with Crippen molar-refractivity contribution in [3.05, 3.63) is 63.8 Å². The summed E-state index contributed by atoms with van der Waals surface area (Å²) in [7, 11) is 0. The van der Waals surface area contributed by atoms with Crippen molar-refractivity contribution in [2.24, 2.45) is 4.99 Å². The third-order valence-electron chi connectivity index (χ3n) is 5.12. The molecule has 0 atom stereocenters. The van der Waals surface area contributed by atoms with Gasteiger partial charge in [-0.25, -0.2) is 4.99 Å². The fraction of sp³-hybridized carbons (Fsp3) is 0.318. The van der Waals surface area contributed by atoms with Crippen LogP contribution in [0, 0.1) is 6.92 Å². The molecule has 1 amide bonds. The fourth-order valence-corrected chi connectivity index (χ4v) is 4.81. The van der Waals surface area contributed by atoms with Crippen LogP contribution < -0.4 is 0 Å². The molecule has 0 spiro atoms. The lowest BCUT2D eigenvalue weighted by molar-refractivity contribution is -0.124. The zero-order chi connectivity index (χ0) is 19.5. The van der Waals surface area contributed by atoms with Gasteiger partial charge < -0.3 is 0 Å². The van der Waals surface area contributed by atoms with Crippen molar-refractivity contribution in [3.63, 3.8) is 0 Å². The zero-order valence-electron chi connectivity index (χ0n) is 15.8. The molecule has 4 nitrogen and oxygen atoms in total. The van der Waals surface area contributed by atoms with Crippen LogP contribution in [0.2, 0.25) is 5.02 Å². The van der Waals surface area contributed by atoms with E-state index in [1.807, 2.05) is 23.1 Å². The molecule has 1 saturated carbocycles. The minimum Gasteiger partial charge on any atom is -0.283 e. The summed E-state index contributed by atoms with van der Waals surface area (Å²) >= 11 is 7.69. The third kappa shape index (κ3) is 4.15. The van der Waals surface area contributed by atoms with Crippen LogP contribution in [0.5, 0.6) is 0 Å². The Morgan fingerprint density at radius 2 is 1.93 bits per heavy atom. The number of amides is 1. The Balaban J connectivity index is 1.71. The number of aliphatic imine (C=N–C) groups is 1. The lowest BCUT2D eigenvalue weighted by Gasteiger charge is -2.30. The van der Waals surface area contributed by atoms with Crippen molar-refractivity contribution in [1.29, 1.82) is 0 Å². The number of aryl methyl sites for hydroxylation is 1. The SMILES string of the molecule is Cc1ccc(/C=C2\SC(=Nc3ccncc3Cl)N(C3CCCCC3)C2=O)cc1. The first-order valence-corrected chi connectivity index (χ1v) is 10.8. The highest BCUT2D eigenvalue weighted by atomic mass is 35.5. The lowest BCUT2D eigenvalue weighted by Crippen LogP contribution is -2.40. The number of carbonyl (C=O) groups excluding carboxylic acids is 1. The molecule has 0 bridgehead atoms. The molecule has 2 aromatic rings. The number of pyridine rings is 1. The van der Waals surface area contributed by atoms with Gasteiger partial charge in [0.2, 0.25) is 0 Å². The van der Waals surface area contributed by atoms with Gasteiger partial charge in [0.05, 0.1) is 15.6 Å². The molecule has 2 fully saturated rings. The summed E-state index contributed by atoms with van der Waals surface area (Å²) in [6, 6.07) is 10.2. The van der Waals surface area contributed by atoms with Crippen LogP contribution in [0.15, 0.2) is 52.6 Å². The number of nitrogens with zero attached hydrogens (tertiary/aromatic N) is 3.